The Labute approximate surface area is 124 Å². The van der Waals surface area contributed by atoms with Gasteiger partial charge in [0.25, 0.3) is 0 Å². The van der Waals surface area contributed by atoms with E-state index in [2.05, 4.69) is 26.5 Å². The van der Waals surface area contributed by atoms with Crippen LogP contribution in [-0.4, -0.2) is 13.9 Å². The van der Waals surface area contributed by atoms with E-state index >= 15 is 0 Å². The molecule has 3 rings (SSSR count). The molecule has 0 amide bonds. The van der Waals surface area contributed by atoms with Gasteiger partial charge in [0.15, 0.2) is 11.5 Å². The molecule has 1 aliphatic rings. The van der Waals surface area contributed by atoms with Crippen LogP contribution in [0.4, 0.5) is 0 Å². The minimum absolute atomic E-state index is 0.280. The molecule has 1 heterocycles. The molecule has 2 aromatic carbocycles. The molecule has 0 saturated carbocycles. The fourth-order valence-electron chi connectivity index (χ4n) is 2.46. The molecular weight excluding hydrogens is 264 g/mol. The van der Waals surface area contributed by atoms with E-state index in [-0.39, 0.29) is 6.79 Å². The maximum atomic E-state index is 5.44. The van der Waals surface area contributed by atoms with Crippen LogP contribution in [0.5, 0.6) is 17.2 Å². The standard InChI is InChI=1S/C18H18O3/c1-11-7-15(9-17(19-4)12(11)2)13(3)14-5-6-16-18(8-14)21-10-20-16/h5-9H,3,10H2,1-2,4H3. The van der Waals surface area contributed by atoms with Crippen molar-refractivity contribution in [1.29, 1.82) is 0 Å². The van der Waals surface area contributed by atoms with Crippen molar-refractivity contribution < 1.29 is 14.2 Å². The summed E-state index contributed by atoms with van der Waals surface area (Å²) in [6, 6.07) is 10.0. The summed E-state index contributed by atoms with van der Waals surface area (Å²) in [6.45, 7) is 8.63. The molecule has 21 heavy (non-hydrogen) atoms. The molecule has 108 valence electrons. The van der Waals surface area contributed by atoms with Gasteiger partial charge >= 0.3 is 0 Å². The average Bonchev–Trinajstić information content (AvgIpc) is 2.96. The Bertz CT molecular complexity index is 717. The van der Waals surface area contributed by atoms with Gasteiger partial charge in [-0.15, -0.1) is 0 Å². The Morgan fingerprint density at radius 3 is 2.57 bits per heavy atom. The number of ether oxygens (including phenoxy) is 3. The predicted molar refractivity (Wildman–Crippen MR) is 83.2 cm³/mol. The molecule has 0 unspecified atom stereocenters. The van der Waals surface area contributed by atoms with Crippen LogP contribution >= 0.6 is 0 Å². The number of hydrogen-bond acceptors (Lipinski definition) is 3. The number of hydrogen-bond donors (Lipinski definition) is 0. The summed E-state index contributed by atoms with van der Waals surface area (Å²) < 4.78 is 16.2. The van der Waals surface area contributed by atoms with Crippen LogP contribution in [0.25, 0.3) is 5.57 Å². The maximum absolute atomic E-state index is 5.44. The molecular formula is C18H18O3. The monoisotopic (exact) mass is 282 g/mol. The van der Waals surface area contributed by atoms with Crippen LogP contribution in [-0.2, 0) is 0 Å². The van der Waals surface area contributed by atoms with Crippen molar-refractivity contribution in [2.75, 3.05) is 13.9 Å². The largest absolute Gasteiger partial charge is 0.496 e. The fourth-order valence-corrected chi connectivity index (χ4v) is 2.46. The summed E-state index contributed by atoms with van der Waals surface area (Å²) in [4.78, 5) is 0. The lowest BCUT2D eigenvalue weighted by molar-refractivity contribution is 0.174. The van der Waals surface area contributed by atoms with Gasteiger partial charge < -0.3 is 14.2 Å². The van der Waals surface area contributed by atoms with E-state index in [1.165, 1.54) is 5.56 Å². The summed E-state index contributed by atoms with van der Waals surface area (Å²) in [5.74, 6) is 2.43. The molecule has 0 bridgehead atoms. The molecule has 2 aromatic rings. The third kappa shape index (κ3) is 2.35. The lowest BCUT2D eigenvalue weighted by atomic mass is 9.95. The van der Waals surface area contributed by atoms with Crippen LogP contribution in [0.2, 0.25) is 0 Å². The van der Waals surface area contributed by atoms with Crippen LogP contribution in [0.3, 0.4) is 0 Å². The zero-order valence-corrected chi connectivity index (χ0v) is 12.5. The van der Waals surface area contributed by atoms with E-state index in [9.17, 15) is 0 Å². The van der Waals surface area contributed by atoms with Crippen molar-refractivity contribution in [2.24, 2.45) is 0 Å². The Kier molecular flexibility index (Phi) is 3.34. The number of aryl methyl sites for hydroxylation is 1. The molecule has 0 atom stereocenters. The van der Waals surface area contributed by atoms with Gasteiger partial charge in [-0.2, -0.15) is 0 Å². The SMILES string of the molecule is C=C(c1ccc2c(c1)OCO2)c1cc(C)c(C)c(OC)c1. The highest BCUT2D eigenvalue weighted by Crippen LogP contribution is 2.36. The molecule has 0 N–H and O–H groups in total. The van der Waals surface area contributed by atoms with Crippen LogP contribution in [0.15, 0.2) is 36.9 Å². The first kappa shape index (κ1) is 13.6. The van der Waals surface area contributed by atoms with Crippen LogP contribution < -0.4 is 14.2 Å². The number of rotatable bonds is 3. The van der Waals surface area contributed by atoms with E-state index in [1.54, 1.807) is 7.11 Å². The zero-order chi connectivity index (χ0) is 15.0. The molecule has 0 radical (unpaired) electrons. The summed E-state index contributed by atoms with van der Waals surface area (Å²) in [5, 5.41) is 0. The topological polar surface area (TPSA) is 27.7 Å². The summed E-state index contributed by atoms with van der Waals surface area (Å²) in [6.07, 6.45) is 0. The normalized spacial score (nSPS) is 12.3. The minimum Gasteiger partial charge on any atom is -0.496 e. The van der Waals surface area contributed by atoms with Crippen molar-refractivity contribution >= 4 is 5.57 Å². The van der Waals surface area contributed by atoms with E-state index in [4.69, 9.17) is 14.2 Å². The average molecular weight is 282 g/mol. The number of methoxy groups -OCH3 is 1. The van der Waals surface area contributed by atoms with Gasteiger partial charge in [0, 0.05) is 0 Å². The Morgan fingerprint density at radius 2 is 1.81 bits per heavy atom. The third-order valence-corrected chi connectivity index (χ3v) is 3.91. The molecule has 3 nitrogen and oxygen atoms in total. The lowest BCUT2D eigenvalue weighted by Crippen LogP contribution is -1.94. The van der Waals surface area contributed by atoms with Gasteiger partial charge in [-0.3, -0.25) is 0 Å². The second kappa shape index (κ2) is 5.17. The van der Waals surface area contributed by atoms with Crippen molar-refractivity contribution in [3.8, 4) is 17.2 Å². The predicted octanol–water partition coefficient (Wildman–Crippen LogP) is 4.10. The van der Waals surface area contributed by atoms with Crippen molar-refractivity contribution in [1.82, 2.24) is 0 Å². The molecule has 0 fully saturated rings. The highest BCUT2D eigenvalue weighted by atomic mass is 16.7. The smallest absolute Gasteiger partial charge is 0.231 e. The van der Waals surface area contributed by atoms with Gasteiger partial charge in [-0.25, -0.2) is 0 Å². The molecule has 0 aromatic heterocycles. The van der Waals surface area contributed by atoms with Gasteiger partial charge in [0.1, 0.15) is 5.75 Å². The van der Waals surface area contributed by atoms with E-state index in [1.807, 2.05) is 24.3 Å². The molecule has 0 aliphatic carbocycles. The van der Waals surface area contributed by atoms with E-state index in [0.29, 0.717) is 0 Å². The summed E-state index contributed by atoms with van der Waals surface area (Å²) in [5.41, 5.74) is 5.35. The molecule has 3 heteroatoms. The number of fused-ring (bicyclic) bond motifs is 1. The quantitative estimate of drug-likeness (QED) is 0.848. The zero-order valence-electron chi connectivity index (χ0n) is 12.5. The fraction of sp³-hybridized carbons (Fsp3) is 0.222. The van der Waals surface area contributed by atoms with Crippen molar-refractivity contribution in [3.05, 3.63) is 59.2 Å². The van der Waals surface area contributed by atoms with Crippen LogP contribution in [0.1, 0.15) is 22.3 Å². The lowest BCUT2D eigenvalue weighted by Gasteiger charge is -2.13. The second-order valence-electron chi connectivity index (χ2n) is 5.17. The summed E-state index contributed by atoms with van der Waals surface area (Å²) >= 11 is 0. The van der Waals surface area contributed by atoms with E-state index < -0.39 is 0 Å². The first-order valence-electron chi connectivity index (χ1n) is 6.84. The Morgan fingerprint density at radius 1 is 1.05 bits per heavy atom. The highest BCUT2D eigenvalue weighted by Gasteiger charge is 2.15. The van der Waals surface area contributed by atoms with Crippen molar-refractivity contribution in [3.63, 3.8) is 0 Å². The van der Waals surface area contributed by atoms with Gasteiger partial charge in [0.2, 0.25) is 6.79 Å². The van der Waals surface area contributed by atoms with Crippen molar-refractivity contribution in [2.45, 2.75) is 13.8 Å². The number of benzene rings is 2. The molecule has 0 saturated heterocycles. The van der Waals surface area contributed by atoms with Gasteiger partial charge in [0.05, 0.1) is 7.11 Å². The Balaban J connectivity index is 2.00. The highest BCUT2D eigenvalue weighted by molar-refractivity contribution is 5.80. The first-order valence-corrected chi connectivity index (χ1v) is 6.84. The molecule has 1 aliphatic heterocycles. The summed E-state index contributed by atoms with van der Waals surface area (Å²) in [7, 11) is 1.69. The molecule has 0 spiro atoms. The minimum atomic E-state index is 0.280. The maximum Gasteiger partial charge on any atom is 0.231 e. The van der Waals surface area contributed by atoms with Crippen LogP contribution in [0, 0.1) is 13.8 Å². The van der Waals surface area contributed by atoms with Gasteiger partial charge in [-0.05, 0) is 59.9 Å². The van der Waals surface area contributed by atoms with Gasteiger partial charge in [-0.1, -0.05) is 18.7 Å². The Hall–Kier alpha value is -2.42. The third-order valence-electron chi connectivity index (χ3n) is 3.91. The second-order valence-corrected chi connectivity index (χ2v) is 5.17. The first-order chi connectivity index (χ1) is 10.1. The van der Waals surface area contributed by atoms with E-state index in [0.717, 1.165) is 39.5 Å².